The molecule has 0 saturated heterocycles. The number of aromatic nitrogens is 2. The summed E-state index contributed by atoms with van der Waals surface area (Å²) in [5, 5.41) is 12.7. The number of halogens is 2. The molecule has 0 aliphatic heterocycles. The van der Waals surface area contributed by atoms with E-state index in [0.717, 1.165) is 0 Å². The number of nitrogens with zero attached hydrogens (tertiary/aromatic N) is 2. The molecule has 0 amide bonds. The molecule has 0 saturated carbocycles. The highest BCUT2D eigenvalue weighted by Gasteiger charge is 2.15. The van der Waals surface area contributed by atoms with Crippen LogP contribution in [0, 0.1) is 11.6 Å². The van der Waals surface area contributed by atoms with E-state index in [2.05, 4.69) is 9.84 Å². The summed E-state index contributed by atoms with van der Waals surface area (Å²) < 4.78 is 32.4. The van der Waals surface area contributed by atoms with Gasteiger partial charge in [0.15, 0.2) is 0 Å². The molecule has 7 heteroatoms. The highest BCUT2D eigenvalue weighted by atomic mass is 19.1. The Hall–Kier alpha value is -3.22. The van der Waals surface area contributed by atoms with Gasteiger partial charge in [-0.3, -0.25) is 0 Å². The maximum Gasteiger partial charge on any atom is 0.512 e. The van der Waals surface area contributed by atoms with Crippen molar-refractivity contribution >= 4 is 6.16 Å². The lowest BCUT2D eigenvalue weighted by Gasteiger charge is -2.07. The van der Waals surface area contributed by atoms with Gasteiger partial charge in [-0.25, -0.2) is 18.3 Å². The number of ether oxygens (including phenoxy) is 1. The van der Waals surface area contributed by atoms with E-state index < -0.39 is 17.8 Å². The van der Waals surface area contributed by atoms with Crippen molar-refractivity contribution in [3.05, 3.63) is 66.2 Å². The Morgan fingerprint density at radius 1 is 1.04 bits per heavy atom. The number of rotatable bonds is 3. The van der Waals surface area contributed by atoms with E-state index in [1.54, 1.807) is 6.07 Å². The molecule has 3 rings (SSSR count). The zero-order chi connectivity index (χ0) is 16.4. The largest absolute Gasteiger partial charge is 0.512 e. The molecule has 0 unspecified atom stereocenters. The van der Waals surface area contributed by atoms with Crippen LogP contribution in [-0.2, 0) is 0 Å². The Labute approximate surface area is 129 Å². The Morgan fingerprint density at radius 2 is 1.78 bits per heavy atom. The van der Waals surface area contributed by atoms with E-state index in [9.17, 15) is 13.6 Å². The van der Waals surface area contributed by atoms with E-state index in [4.69, 9.17) is 5.11 Å². The van der Waals surface area contributed by atoms with Gasteiger partial charge >= 0.3 is 6.16 Å². The number of carboxylic acid groups (broad SMARTS) is 1. The molecule has 0 spiro atoms. The fraction of sp³-hybridized carbons (Fsp3) is 0. The van der Waals surface area contributed by atoms with Crippen LogP contribution in [0.2, 0.25) is 0 Å². The number of hydrogen-bond acceptors (Lipinski definition) is 3. The minimum Gasteiger partial charge on any atom is -0.449 e. The fourth-order valence-electron chi connectivity index (χ4n) is 2.13. The van der Waals surface area contributed by atoms with Crippen LogP contribution in [0.4, 0.5) is 13.6 Å². The van der Waals surface area contributed by atoms with Crippen molar-refractivity contribution in [2.45, 2.75) is 0 Å². The number of hydrogen-bond donors (Lipinski definition) is 1. The maximum absolute atomic E-state index is 13.5. The molecule has 0 radical (unpaired) electrons. The van der Waals surface area contributed by atoms with Crippen LogP contribution >= 0.6 is 0 Å². The summed E-state index contributed by atoms with van der Waals surface area (Å²) >= 11 is 0. The van der Waals surface area contributed by atoms with Crippen LogP contribution in [0.1, 0.15) is 0 Å². The van der Waals surface area contributed by atoms with Crippen molar-refractivity contribution in [2.24, 2.45) is 0 Å². The van der Waals surface area contributed by atoms with Crippen molar-refractivity contribution < 1.29 is 23.4 Å². The van der Waals surface area contributed by atoms with E-state index in [-0.39, 0.29) is 5.88 Å². The summed E-state index contributed by atoms with van der Waals surface area (Å²) in [6.07, 6.45) is -1.51. The molecule has 116 valence electrons. The van der Waals surface area contributed by atoms with Gasteiger partial charge in [0.25, 0.3) is 0 Å². The highest BCUT2D eigenvalue weighted by molar-refractivity contribution is 5.66. The summed E-state index contributed by atoms with van der Waals surface area (Å²) in [7, 11) is 0. The molecule has 2 aromatic carbocycles. The molecule has 1 aromatic heterocycles. The second-order valence-corrected chi connectivity index (χ2v) is 4.63. The lowest BCUT2D eigenvalue weighted by molar-refractivity contribution is 0.142. The van der Waals surface area contributed by atoms with E-state index in [1.807, 2.05) is 0 Å². The molecule has 5 nitrogen and oxygen atoms in total. The van der Waals surface area contributed by atoms with E-state index >= 15 is 0 Å². The lowest BCUT2D eigenvalue weighted by atomic mass is 10.1. The Balaban J connectivity index is 2.14. The maximum atomic E-state index is 13.5. The lowest BCUT2D eigenvalue weighted by Crippen LogP contribution is -2.04. The summed E-state index contributed by atoms with van der Waals surface area (Å²) in [5.41, 5.74) is 1.36. The zero-order valence-corrected chi connectivity index (χ0v) is 11.6. The quantitative estimate of drug-likeness (QED) is 0.745. The summed E-state index contributed by atoms with van der Waals surface area (Å²) in [6.45, 7) is 0. The van der Waals surface area contributed by atoms with Crippen molar-refractivity contribution in [1.29, 1.82) is 0 Å². The van der Waals surface area contributed by atoms with E-state index in [0.29, 0.717) is 16.9 Å². The van der Waals surface area contributed by atoms with Crippen LogP contribution in [0.3, 0.4) is 0 Å². The van der Waals surface area contributed by atoms with Crippen LogP contribution in [-0.4, -0.2) is 21.0 Å². The first kappa shape index (κ1) is 14.7. The predicted octanol–water partition coefficient (Wildman–Crippen LogP) is 3.87. The van der Waals surface area contributed by atoms with Gasteiger partial charge in [0.2, 0.25) is 5.88 Å². The predicted molar refractivity (Wildman–Crippen MR) is 77.6 cm³/mol. The standard InChI is InChI=1S/C16H10F2N2O3/c17-11-4-6-13(7-5-11)20-14(9-15(19-20)23-16(21)22)10-2-1-3-12(18)8-10/h1-9H,(H,21,22). The summed E-state index contributed by atoms with van der Waals surface area (Å²) in [5.74, 6) is -1.04. The average molecular weight is 316 g/mol. The minimum absolute atomic E-state index is 0.166. The van der Waals surface area contributed by atoms with Crippen LogP contribution < -0.4 is 4.74 Å². The smallest absolute Gasteiger partial charge is 0.449 e. The van der Waals surface area contributed by atoms with Crippen molar-refractivity contribution in [2.75, 3.05) is 0 Å². The van der Waals surface area contributed by atoms with Gasteiger partial charge < -0.3 is 9.84 Å². The van der Waals surface area contributed by atoms with Gasteiger partial charge in [0.1, 0.15) is 11.6 Å². The normalized spacial score (nSPS) is 10.5. The summed E-state index contributed by atoms with van der Waals surface area (Å²) in [6, 6.07) is 12.5. The molecular formula is C16H10F2N2O3. The van der Waals surface area contributed by atoms with Crippen LogP contribution in [0.5, 0.6) is 5.88 Å². The molecule has 0 fully saturated rings. The molecule has 0 aliphatic carbocycles. The van der Waals surface area contributed by atoms with Gasteiger partial charge in [0.05, 0.1) is 11.4 Å². The van der Waals surface area contributed by atoms with Crippen molar-refractivity contribution in [1.82, 2.24) is 9.78 Å². The van der Waals surface area contributed by atoms with Crippen molar-refractivity contribution in [3.8, 4) is 22.8 Å². The molecule has 3 aromatic rings. The molecule has 0 atom stereocenters. The third-order valence-corrected chi connectivity index (χ3v) is 3.07. The Morgan fingerprint density at radius 3 is 2.43 bits per heavy atom. The van der Waals surface area contributed by atoms with E-state index in [1.165, 1.54) is 53.2 Å². The molecule has 23 heavy (non-hydrogen) atoms. The van der Waals surface area contributed by atoms with Gasteiger partial charge in [-0.1, -0.05) is 12.1 Å². The van der Waals surface area contributed by atoms with Crippen molar-refractivity contribution in [3.63, 3.8) is 0 Å². The third-order valence-electron chi connectivity index (χ3n) is 3.07. The van der Waals surface area contributed by atoms with Gasteiger partial charge in [-0.05, 0) is 36.4 Å². The third kappa shape index (κ3) is 3.18. The average Bonchev–Trinajstić information content (AvgIpc) is 2.91. The first-order chi connectivity index (χ1) is 11.0. The Kier molecular flexibility index (Phi) is 3.76. The fourth-order valence-corrected chi connectivity index (χ4v) is 2.13. The topological polar surface area (TPSA) is 64.3 Å². The SMILES string of the molecule is O=C(O)Oc1cc(-c2cccc(F)c2)n(-c2ccc(F)cc2)n1. The van der Waals surface area contributed by atoms with Gasteiger partial charge in [-0.2, -0.15) is 0 Å². The van der Waals surface area contributed by atoms with Gasteiger partial charge in [0, 0.05) is 11.6 Å². The van der Waals surface area contributed by atoms with Crippen LogP contribution in [0.25, 0.3) is 16.9 Å². The molecule has 1 N–H and O–H groups in total. The Bertz CT molecular complexity index is 860. The number of benzene rings is 2. The second kappa shape index (κ2) is 5.88. The monoisotopic (exact) mass is 316 g/mol. The highest BCUT2D eigenvalue weighted by Crippen LogP contribution is 2.27. The molecular weight excluding hydrogens is 306 g/mol. The first-order valence-corrected chi connectivity index (χ1v) is 6.55. The van der Waals surface area contributed by atoms with Gasteiger partial charge in [-0.15, -0.1) is 5.10 Å². The number of carbonyl (C=O) groups is 1. The zero-order valence-electron chi connectivity index (χ0n) is 11.6. The molecule has 0 bridgehead atoms. The first-order valence-electron chi connectivity index (χ1n) is 6.55. The second-order valence-electron chi connectivity index (χ2n) is 4.63. The molecule has 0 aliphatic rings. The van der Waals surface area contributed by atoms with Crippen LogP contribution in [0.15, 0.2) is 54.6 Å². The summed E-state index contributed by atoms with van der Waals surface area (Å²) in [4.78, 5) is 10.7. The molecule has 1 heterocycles. The minimum atomic E-state index is -1.51.